The highest BCUT2D eigenvalue weighted by molar-refractivity contribution is 7.21. The molecule has 1 aromatic carbocycles. The number of methoxy groups -OCH3 is 2. The van der Waals surface area contributed by atoms with E-state index in [2.05, 4.69) is 4.98 Å². The molecule has 3 aromatic rings. The molecule has 0 spiro atoms. The van der Waals surface area contributed by atoms with Crippen LogP contribution in [-0.4, -0.2) is 30.2 Å². The molecule has 27 heavy (non-hydrogen) atoms. The third kappa shape index (κ3) is 2.70. The van der Waals surface area contributed by atoms with Crippen molar-refractivity contribution in [3.63, 3.8) is 0 Å². The average Bonchev–Trinajstić information content (AvgIpc) is 2.96. The Balaban J connectivity index is 2.49. The molecule has 0 atom stereocenters. The number of hydrogen-bond donors (Lipinski definition) is 4. The maximum Gasteiger partial charge on any atom is 0.260 e. The summed E-state index contributed by atoms with van der Waals surface area (Å²) in [4.78, 5) is 16.3. The minimum Gasteiger partial charge on any atom is -0.504 e. The number of carbonyl (C=O) groups excluding carboxylic acids is 1. The van der Waals surface area contributed by atoms with Crippen LogP contribution in [0.1, 0.15) is 15.2 Å². The number of nitrogens with two attached hydrogens (primary N) is 3. The molecule has 7 N–H and O–H groups in total. The average molecular weight is 385 g/mol. The number of fused-ring (bicyclic) bond motifs is 1. The second-order valence-electron chi connectivity index (χ2n) is 5.48. The fourth-order valence-electron chi connectivity index (χ4n) is 2.84. The van der Waals surface area contributed by atoms with Gasteiger partial charge in [-0.2, -0.15) is 5.26 Å². The number of rotatable bonds is 4. The Morgan fingerprint density at radius 2 is 2.00 bits per heavy atom. The smallest absolute Gasteiger partial charge is 0.260 e. The van der Waals surface area contributed by atoms with Gasteiger partial charge in [-0.15, -0.1) is 11.3 Å². The third-order valence-electron chi connectivity index (χ3n) is 3.99. The van der Waals surface area contributed by atoms with E-state index >= 15 is 0 Å². The number of aromatic hydroxyl groups is 1. The van der Waals surface area contributed by atoms with Crippen molar-refractivity contribution in [2.24, 2.45) is 5.73 Å². The number of nitrogen functional groups attached to an aromatic ring is 2. The van der Waals surface area contributed by atoms with Gasteiger partial charge in [-0.25, -0.2) is 4.98 Å². The zero-order valence-electron chi connectivity index (χ0n) is 14.4. The normalized spacial score (nSPS) is 10.6. The fourth-order valence-corrected chi connectivity index (χ4v) is 3.81. The Morgan fingerprint density at radius 1 is 1.30 bits per heavy atom. The van der Waals surface area contributed by atoms with E-state index in [9.17, 15) is 15.2 Å². The Morgan fingerprint density at radius 3 is 2.56 bits per heavy atom. The summed E-state index contributed by atoms with van der Waals surface area (Å²) in [5.41, 5.74) is 18.3. The molecule has 0 unspecified atom stereocenters. The van der Waals surface area contributed by atoms with Crippen molar-refractivity contribution in [1.29, 1.82) is 5.26 Å². The van der Waals surface area contributed by atoms with Crippen molar-refractivity contribution in [3.05, 3.63) is 22.6 Å². The zero-order valence-corrected chi connectivity index (χ0v) is 15.2. The van der Waals surface area contributed by atoms with Crippen LogP contribution in [0.2, 0.25) is 0 Å². The second kappa shape index (κ2) is 6.54. The van der Waals surface area contributed by atoms with E-state index in [1.54, 1.807) is 6.07 Å². The van der Waals surface area contributed by atoms with Crippen LogP contribution in [0.15, 0.2) is 12.1 Å². The molecular formula is C17H15N5O4S. The van der Waals surface area contributed by atoms with Crippen molar-refractivity contribution >= 4 is 39.0 Å². The number of nitriles is 1. The maximum atomic E-state index is 11.7. The van der Waals surface area contributed by atoms with Gasteiger partial charge in [0.2, 0.25) is 5.75 Å². The Hall–Kier alpha value is -3.71. The van der Waals surface area contributed by atoms with Crippen LogP contribution in [0.5, 0.6) is 17.2 Å². The summed E-state index contributed by atoms with van der Waals surface area (Å²) in [6.07, 6.45) is 0. The number of primary amides is 1. The van der Waals surface area contributed by atoms with E-state index in [1.165, 1.54) is 20.3 Å². The molecule has 0 aliphatic rings. The molecule has 0 radical (unpaired) electrons. The molecular weight excluding hydrogens is 370 g/mol. The summed E-state index contributed by atoms with van der Waals surface area (Å²) in [6.45, 7) is 0. The SMILES string of the molecule is COc1cc(-c2c(C#N)c(N)nc3sc(C(N)=O)c(N)c23)cc(O)c1OC. The number of thiophene rings is 1. The molecule has 0 aliphatic heterocycles. The number of pyridine rings is 1. The van der Waals surface area contributed by atoms with Gasteiger partial charge in [0, 0.05) is 10.9 Å². The first-order chi connectivity index (χ1) is 12.8. The first kappa shape index (κ1) is 18.1. The summed E-state index contributed by atoms with van der Waals surface area (Å²) in [5, 5.41) is 20.3. The predicted molar refractivity (Wildman–Crippen MR) is 102 cm³/mol. The topological polar surface area (TPSA) is 170 Å². The van der Waals surface area contributed by atoms with Crippen LogP contribution in [0, 0.1) is 11.3 Å². The Kier molecular flexibility index (Phi) is 4.39. The highest BCUT2D eigenvalue weighted by Crippen LogP contribution is 2.46. The summed E-state index contributed by atoms with van der Waals surface area (Å²) in [7, 11) is 2.80. The largest absolute Gasteiger partial charge is 0.504 e. The van der Waals surface area contributed by atoms with E-state index in [0.717, 1.165) is 11.3 Å². The van der Waals surface area contributed by atoms with E-state index in [0.29, 0.717) is 21.3 Å². The Labute approximate surface area is 157 Å². The van der Waals surface area contributed by atoms with Gasteiger partial charge in [0.15, 0.2) is 11.5 Å². The summed E-state index contributed by atoms with van der Waals surface area (Å²) >= 11 is 0.977. The maximum absolute atomic E-state index is 11.7. The van der Waals surface area contributed by atoms with E-state index in [4.69, 9.17) is 26.7 Å². The van der Waals surface area contributed by atoms with Crippen LogP contribution < -0.4 is 26.7 Å². The molecule has 0 fully saturated rings. The van der Waals surface area contributed by atoms with Crippen LogP contribution >= 0.6 is 11.3 Å². The van der Waals surface area contributed by atoms with E-state index in [1.807, 2.05) is 6.07 Å². The van der Waals surface area contributed by atoms with Crippen LogP contribution in [0.25, 0.3) is 21.3 Å². The molecule has 2 heterocycles. The van der Waals surface area contributed by atoms with Crippen molar-refractivity contribution in [1.82, 2.24) is 4.98 Å². The van der Waals surface area contributed by atoms with Crippen LogP contribution in [0.4, 0.5) is 11.5 Å². The fraction of sp³-hybridized carbons (Fsp3) is 0.118. The first-order valence-electron chi connectivity index (χ1n) is 7.50. The Bertz CT molecular complexity index is 1130. The highest BCUT2D eigenvalue weighted by Gasteiger charge is 2.25. The summed E-state index contributed by atoms with van der Waals surface area (Å²) in [6, 6.07) is 4.95. The van der Waals surface area contributed by atoms with E-state index in [-0.39, 0.29) is 39.2 Å². The van der Waals surface area contributed by atoms with Gasteiger partial charge >= 0.3 is 0 Å². The highest BCUT2D eigenvalue weighted by atomic mass is 32.1. The van der Waals surface area contributed by atoms with Gasteiger partial charge in [0.1, 0.15) is 27.2 Å². The predicted octanol–water partition coefficient (Wildman–Crippen LogP) is 1.82. The molecule has 0 saturated heterocycles. The number of hydrogen-bond acceptors (Lipinski definition) is 9. The van der Waals surface area contributed by atoms with E-state index < -0.39 is 5.91 Å². The van der Waals surface area contributed by atoms with Gasteiger partial charge < -0.3 is 31.8 Å². The lowest BCUT2D eigenvalue weighted by Gasteiger charge is -2.14. The number of benzene rings is 1. The molecule has 3 rings (SSSR count). The molecule has 138 valence electrons. The molecule has 0 aliphatic carbocycles. The monoisotopic (exact) mass is 385 g/mol. The van der Waals surface area contributed by atoms with Crippen molar-refractivity contribution in [2.75, 3.05) is 25.7 Å². The van der Waals surface area contributed by atoms with Gasteiger partial charge in [-0.1, -0.05) is 0 Å². The number of nitrogens with zero attached hydrogens (tertiary/aromatic N) is 2. The number of phenolic OH excluding ortho intramolecular Hbond substituents is 1. The molecule has 0 saturated carbocycles. The molecule has 0 bridgehead atoms. The van der Waals surface area contributed by atoms with Gasteiger partial charge in [-0.05, 0) is 17.7 Å². The second-order valence-corrected chi connectivity index (χ2v) is 6.48. The van der Waals surface area contributed by atoms with Gasteiger partial charge in [-0.3, -0.25) is 4.79 Å². The number of carbonyl (C=O) groups is 1. The lowest BCUT2D eigenvalue weighted by atomic mass is 9.96. The molecule has 10 heteroatoms. The standard InChI is InChI=1S/C17H15N5O4S/c1-25-9-4-6(3-8(23)13(9)26-2)10-7(5-18)15(20)22-17-11(10)12(19)14(27-17)16(21)24/h3-4,23H,19H2,1-2H3,(H2,20,22)(H2,21,24). The minimum absolute atomic E-state index is 0.0356. The number of aromatic nitrogens is 1. The van der Waals surface area contributed by atoms with Crippen molar-refractivity contribution in [2.45, 2.75) is 0 Å². The number of amides is 1. The third-order valence-corrected chi connectivity index (χ3v) is 5.10. The van der Waals surface area contributed by atoms with Crippen LogP contribution in [-0.2, 0) is 0 Å². The molecule has 2 aromatic heterocycles. The summed E-state index contributed by atoms with van der Waals surface area (Å²) < 4.78 is 10.4. The first-order valence-corrected chi connectivity index (χ1v) is 8.32. The van der Waals surface area contributed by atoms with Crippen molar-refractivity contribution < 1.29 is 19.4 Å². The van der Waals surface area contributed by atoms with Gasteiger partial charge in [0.25, 0.3) is 5.91 Å². The minimum atomic E-state index is -0.714. The lowest BCUT2D eigenvalue weighted by Crippen LogP contribution is -2.10. The zero-order chi connectivity index (χ0) is 19.9. The molecule has 1 amide bonds. The summed E-state index contributed by atoms with van der Waals surface area (Å²) in [5.74, 6) is -0.582. The number of phenols is 1. The number of anilines is 2. The van der Waals surface area contributed by atoms with Crippen molar-refractivity contribution in [3.8, 4) is 34.4 Å². The lowest BCUT2D eigenvalue weighted by molar-refractivity contribution is 0.100. The van der Waals surface area contributed by atoms with Gasteiger partial charge in [0.05, 0.1) is 19.9 Å². The quantitative estimate of drug-likeness (QED) is 0.526. The van der Waals surface area contributed by atoms with Crippen LogP contribution in [0.3, 0.4) is 0 Å². The molecule has 9 nitrogen and oxygen atoms in total. The number of ether oxygens (including phenoxy) is 2.